The van der Waals surface area contributed by atoms with Crippen LogP contribution in [0.2, 0.25) is 0 Å². The zero-order chi connectivity index (χ0) is 14.1. The topological polar surface area (TPSA) is 51.3 Å². The fourth-order valence-corrected chi connectivity index (χ4v) is 3.46. The van der Waals surface area contributed by atoms with Crippen LogP contribution in [-0.4, -0.2) is 34.0 Å². The molecule has 1 aromatic heterocycles. The summed E-state index contributed by atoms with van der Waals surface area (Å²) in [5, 5.41) is 0. The molecule has 4 nitrogen and oxygen atoms in total. The van der Waals surface area contributed by atoms with Crippen LogP contribution in [0.5, 0.6) is 0 Å². The molecule has 2 N–H and O–H groups in total. The largest absolute Gasteiger partial charge is 0.340 e. The van der Waals surface area contributed by atoms with Gasteiger partial charge in [-0.15, -0.1) is 0 Å². The van der Waals surface area contributed by atoms with Gasteiger partial charge in [0.25, 0.3) is 5.91 Å². The Bertz CT molecular complexity index is 476. The first kappa shape index (κ1) is 13.7. The molecule has 2 fully saturated rings. The van der Waals surface area contributed by atoms with Gasteiger partial charge < -0.3 is 15.2 Å². The summed E-state index contributed by atoms with van der Waals surface area (Å²) in [7, 11) is 0. The molecular formula is C16H25N3O. The number of likely N-dealkylation sites (tertiary alicyclic amines) is 1. The smallest absolute Gasteiger partial charge is 0.270 e. The van der Waals surface area contributed by atoms with Crippen molar-refractivity contribution >= 4 is 5.91 Å². The summed E-state index contributed by atoms with van der Waals surface area (Å²) in [6, 6.07) is 4.74. The number of carbonyl (C=O) groups is 1. The van der Waals surface area contributed by atoms with Crippen molar-refractivity contribution in [3.05, 3.63) is 24.0 Å². The van der Waals surface area contributed by atoms with Gasteiger partial charge >= 0.3 is 0 Å². The zero-order valence-corrected chi connectivity index (χ0v) is 12.3. The minimum Gasteiger partial charge on any atom is -0.340 e. The highest BCUT2D eigenvalue weighted by molar-refractivity contribution is 5.93. The molecule has 110 valence electrons. The monoisotopic (exact) mass is 275 g/mol. The van der Waals surface area contributed by atoms with E-state index in [1.165, 1.54) is 25.7 Å². The van der Waals surface area contributed by atoms with Crippen LogP contribution in [0, 0.1) is 0 Å². The number of nitrogens with two attached hydrogens (primary N) is 1. The molecule has 1 saturated heterocycles. The molecule has 2 aliphatic rings. The summed E-state index contributed by atoms with van der Waals surface area (Å²) >= 11 is 0. The van der Waals surface area contributed by atoms with E-state index in [1.54, 1.807) is 0 Å². The fraction of sp³-hybridized carbons (Fsp3) is 0.688. The number of carbonyl (C=O) groups excluding carboxylic acids is 1. The first-order valence-corrected chi connectivity index (χ1v) is 7.92. The Morgan fingerprint density at radius 2 is 2.10 bits per heavy atom. The molecule has 0 spiro atoms. The summed E-state index contributed by atoms with van der Waals surface area (Å²) in [6.45, 7) is 2.86. The van der Waals surface area contributed by atoms with Gasteiger partial charge in [0.15, 0.2) is 0 Å². The Morgan fingerprint density at radius 1 is 1.30 bits per heavy atom. The highest BCUT2D eigenvalue weighted by Gasteiger charge is 2.32. The van der Waals surface area contributed by atoms with E-state index in [-0.39, 0.29) is 18.0 Å². The van der Waals surface area contributed by atoms with Crippen molar-refractivity contribution in [3.63, 3.8) is 0 Å². The van der Waals surface area contributed by atoms with Gasteiger partial charge in [-0.25, -0.2) is 0 Å². The van der Waals surface area contributed by atoms with Crippen molar-refractivity contribution in [1.29, 1.82) is 0 Å². The van der Waals surface area contributed by atoms with Crippen LogP contribution in [0.1, 0.15) is 62.0 Å². The lowest BCUT2D eigenvalue weighted by Crippen LogP contribution is -2.52. The van der Waals surface area contributed by atoms with Crippen LogP contribution in [0.3, 0.4) is 0 Å². The summed E-state index contributed by atoms with van der Waals surface area (Å²) in [4.78, 5) is 14.9. The second-order valence-corrected chi connectivity index (χ2v) is 6.31. The molecule has 2 unspecified atom stereocenters. The Morgan fingerprint density at radius 3 is 2.75 bits per heavy atom. The van der Waals surface area contributed by atoms with Crippen molar-refractivity contribution in [1.82, 2.24) is 9.47 Å². The number of aromatic nitrogens is 1. The lowest BCUT2D eigenvalue weighted by atomic mass is 9.92. The Hall–Kier alpha value is -1.29. The number of rotatable bonds is 3. The van der Waals surface area contributed by atoms with Crippen molar-refractivity contribution in [3.8, 4) is 0 Å². The van der Waals surface area contributed by atoms with Crippen LogP contribution in [0.4, 0.5) is 0 Å². The SMILES string of the molecule is CC(N)C1CCCCN1C(=O)c1cccn1C1CCC1. The van der Waals surface area contributed by atoms with Crippen LogP contribution in [0.25, 0.3) is 0 Å². The first-order chi connectivity index (χ1) is 9.68. The van der Waals surface area contributed by atoms with E-state index in [0.29, 0.717) is 6.04 Å². The summed E-state index contributed by atoms with van der Waals surface area (Å²) in [5.74, 6) is 0.170. The van der Waals surface area contributed by atoms with Crippen LogP contribution in [-0.2, 0) is 0 Å². The lowest BCUT2D eigenvalue weighted by molar-refractivity contribution is 0.0567. The third-order valence-corrected chi connectivity index (χ3v) is 4.88. The number of hydrogen-bond acceptors (Lipinski definition) is 2. The van der Waals surface area contributed by atoms with Crippen molar-refractivity contribution in [2.75, 3.05) is 6.54 Å². The molecule has 3 rings (SSSR count). The number of amides is 1. The van der Waals surface area contributed by atoms with Gasteiger partial charge in [-0.05, 0) is 57.6 Å². The molecule has 0 aromatic carbocycles. The molecule has 2 atom stereocenters. The number of hydrogen-bond donors (Lipinski definition) is 1. The average Bonchev–Trinajstić information content (AvgIpc) is 2.85. The molecule has 20 heavy (non-hydrogen) atoms. The minimum absolute atomic E-state index is 0.0476. The van der Waals surface area contributed by atoms with Gasteiger partial charge in [0.1, 0.15) is 5.69 Å². The van der Waals surface area contributed by atoms with Gasteiger partial charge in [-0.1, -0.05) is 0 Å². The molecule has 4 heteroatoms. The second kappa shape index (κ2) is 5.60. The van der Waals surface area contributed by atoms with E-state index in [1.807, 2.05) is 24.0 Å². The lowest BCUT2D eigenvalue weighted by Gasteiger charge is -2.39. The predicted molar refractivity (Wildman–Crippen MR) is 79.6 cm³/mol. The highest BCUT2D eigenvalue weighted by Crippen LogP contribution is 2.33. The summed E-state index contributed by atoms with van der Waals surface area (Å²) in [6.07, 6.45) is 9.05. The molecule has 1 aliphatic carbocycles. The van der Waals surface area contributed by atoms with Crippen molar-refractivity contribution in [2.45, 2.75) is 63.6 Å². The second-order valence-electron chi connectivity index (χ2n) is 6.31. The van der Waals surface area contributed by atoms with Crippen molar-refractivity contribution in [2.24, 2.45) is 5.73 Å². The van der Waals surface area contributed by atoms with Gasteiger partial charge in [0.05, 0.1) is 0 Å². The maximum Gasteiger partial charge on any atom is 0.270 e. The van der Waals surface area contributed by atoms with Crippen molar-refractivity contribution < 1.29 is 4.79 Å². The van der Waals surface area contributed by atoms with Gasteiger partial charge in [0.2, 0.25) is 0 Å². The van der Waals surface area contributed by atoms with E-state index in [9.17, 15) is 4.79 Å². The summed E-state index contributed by atoms with van der Waals surface area (Å²) in [5.41, 5.74) is 6.93. The first-order valence-electron chi connectivity index (χ1n) is 7.92. The quantitative estimate of drug-likeness (QED) is 0.921. The molecule has 1 amide bonds. The molecule has 1 saturated carbocycles. The Kier molecular flexibility index (Phi) is 3.83. The van der Waals surface area contributed by atoms with E-state index in [4.69, 9.17) is 5.73 Å². The maximum atomic E-state index is 12.9. The maximum absolute atomic E-state index is 12.9. The molecular weight excluding hydrogens is 250 g/mol. The van der Waals surface area contributed by atoms with E-state index in [2.05, 4.69) is 10.8 Å². The van der Waals surface area contributed by atoms with Gasteiger partial charge in [0, 0.05) is 30.9 Å². The number of piperidine rings is 1. The molecule has 1 aliphatic heterocycles. The van der Waals surface area contributed by atoms with Gasteiger partial charge in [-0.3, -0.25) is 4.79 Å². The third-order valence-electron chi connectivity index (χ3n) is 4.88. The standard InChI is InChI=1S/C16H25N3O/c1-12(17)14-8-2-3-10-19(14)16(20)15-9-5-11-18(15)13-6-4-7-13/h5,9,11-14H,2-4,6-8,10,17H2,1H3. The molecule has 0 bridgehead atoms. The van der Waals surface area contributed by atoms with Gasteiger partial charge in [-0.2, -0.15) is 0 Å². The molecule has 1 aromatic rings. The van der Waals surface area contributed by atoms with E-state index >= 15 is 0 Å². The fourth-order valence-electron chi connectivity index (χ4n) is 3.46. The van der Waals surface area contributed by atoms with Crippen LogP contribution >= 0.6 is 0 Å². The van der Waals surface area contributed by atoms with E-state index in [0.717, 1.165) is 25.1 Å². The molecule has 0 radical (unpaired) electrons. The average molecular weight is 275 g/mol. The normalized spacial score (nSPS) is 25.3. The van der Waals surface area contributed by atoms with Crippen LogP contribution in [0.15, 0.2) is 18.3 Å². The zero-order valence-electron chi connectivity index (χ0n) is 12.3. The third kappa shape index (κ3) is 2.37. The minimum atomic E-state index is 0.0476. The highest BCUT2D eigenvalue weighted by atomic mass is 16.2. The Labute approximate surface area is 120 Å². The summed E-state index contributed by atoms with van der Waals surface area (Å²) < 4.78 is 2.18. The molecule has 2 heterocycles. The number of nitrogens with zero attached hydrogens (tertiary/aromatic N) is 2. The van der Waals surface area contributed by atoms with Crippen LogP contribution < -0.4 is 5.73 Å². The Balaban J connectivity index is 1.82. The van der Waals surface area contributed by atoms with E-state index < -0.39 is 0 Å². The predicted octanol–water partition coefficient (Wildman–Crippen LogP) is 2.56.